The van der Waals surface area contributed by atoms with Gasteiger partial charge in [0.05, 0.1) is 18.2 Å². The first kappa shape index (κ1) is 16.8. The molecule has 0 saturated heterocycles. The number of hydrogen-bond acceptors (Lipinski definition) is 3. The lowest BCUT2D eigenvalue weighted by Gasteiger charge is -2.07. The van der Waals surface area contributed by atoms with Gasteiger partial charge in [0.1, 0.15) is 5.75 Å². The maximum absolute atomic E-state index is 12.5. The van der Waals surface area contributed by atoms with E-state index in [0.717, 1.165) is 16.8 Å². The lowest BCUT2D eigenvalue weighted by atomic mass is 9.99. The van der Waals surface area contributed by atoms with Crippen molar-refractivity contribution < 1.29 is 14.3 Å². The lowest BCUT2D eigenvalue weighted by Crippen LogP contribution is -2.23. The van der Waals surface area contributed by atoms with E-state index >= 15 is 0 Å². The summed E-state index contributed by atoms with van der Waals surface area (Å²) in [5.74, 6) is -0.990. The van der Waals surface area contributed by atoms with Gasteiger partial charge in [0.2, 0.25) is 0 Å². The van der Waals surface area contributed by atoms with E-state index in [-0.39, 0.29) is 0 Å². The zero-order valence-electron chi connectivity index (χ0n) is 14.3. The number of methoxy groups -OCH3 is 1. The van der Waals surface area contributed by atoms with Crippen LogP contribution in [0.4, 0.5) is 0 Å². The smallest absolute Gasteiger partial charge is 0.289 e. The third-order valence-corrected chi connectivity index (χ3v) is 4.38. The number of nitrogens with zero attached hydrogens (tertiary/aromatic N) is 1. The number of hydrogen-bond donors (Lipinski definition) is 1. The second kappa shape index (κ2) is 6.81. The number of ether oxygens (including phenoxy) is 1. The zero-order valence-corrected chi connectivity index (χ0v) is 14.3. The number of fused-ring (bicyclic) bond motifs is 1. The van der Waals surface area contributed by atoms with Gasteiger partial charge in [-0.15, -0.1) is 0 Å². The monoisotopic (exact) mass is 336 g/mol. The van der Waals surface area contributed by atoms with Crippen molar-refractivity contribution in [1.82, 2.24) is 4.40 Å². The second-order valence-corrected chi connectivity index (χ2v) is 5.83. The van der Waals surface area contributed by atoms with Gasteiger partial charge in [-0.3, -0.25) is 9.59 Å². The molecule has 2 N–H and O–H groups in total. The second-order valence-electron chi connectivity index (χ2n) is 5.83. The highest BCUT2D eigenvalue weighted by Crippen LogP contribution is 2.29. The number of benzene rings is 1. The Bertz CT molecular complexity index is 942. The molecular weight excluding hydrogens is 316 g/mol. The van der Waals surface area contributed by atoms with Crippen LogP contribution in [0.3, 0.4) is 0 Å². The van der Waals surface area contributed by atoms with Crippen molar-refractivity contribution in [3.05, 3.63) is 71.0 Å². The molecule has 2 aromatic heterocycles. The molecule has 5 heteroatoms. The number of nitrogens with two attached hydrogens (primary N) is 1. The molecule has 1 aromatic carbocycles. The van der Waals surface area contributed by atoms with Crippen LogP contribution in [-0.2, 0) is 17.6 Å². The number of aromatic nitrogens is 1. The maximum atomic E-state index is 12.5. The van der Waals surface area contributed by atoms with Crippen molar-refractivity contribution >= 4 is 17.2 Å². The summed E-state index contributed by atoms with van der Waals surface area (Å²) in [6.07, 6.45) is 3.15. The molecule has 0 spiro atoms. The molecule has 1 amide bonds. The highest BCUT2D eigenvalue weighted by Gasteiger charge is 2.25. The number of primary amides is 1. The van der Waals surface area contributed by atoms with Crippen molar-refractivity contribution in [3.8, 4) is 5.75 Å². The lowest BCUT2D eigenvalue weighted by molar-refractivity contribution is -0.114. The van der Waals surface area contributed by atoms with Crippen LogP contribution in [0.2, 0.25) is 0 Å². The van der Waals surface area contributed by atoms with E-state index in [4.69, 9.17) is 10.5 Å². The van der Waals surface area contributed by atoms with Crippen LogP contribution < -0.4 is 10.5 Å². The summed E-state index contributed by atoms with van der Waals surface area (Å²) in [7, 11) is 1.57. The molecular formula is C20H20N2O3. The molecule has 3 rings (SSSR count). The number of pyridine rings is 1. The SMILES string of the molecule is CCc1c(C(=O)C(N)=O)c2cc(OC)ccn2c1Cc1ccccc1. The first-order valence-electron chi connectivity index (χ1n) is 8.14. The van der Waals surface area contributed by atoms with Gasteiger partial charge >= 0.3 is 0 Å². The Morgan fingerprint density at radius 2 is 1.88 bits per heavy atom. The normalized spacial score (nSPS) is 10.8. The molecule has 0 unspecified atom stereocenters. The highest BCUT2D eigenvalue weighted by molar-refractivity contribution is 6.44. The van der Waals surface area contributed by atoms with E-state index in [0.29, 0.717) is 29.7 Å². The van der Waals surface area contributed by atoms with Crippen molar-refractivity contribution in [2.75, 3.05) is 7.11 Å². The fourth-order valence-corrected chi connectivity index (χ4v) is 3.22. The average molecular weight is 336 g/mol. The summed E-state index contributed by atoms with van der Waals surface area (Å²) in [6, 6.07) is 13.6. The number of amides is 1. The van der Waals surface area contributed by atoms with Crippen molar-refractivity contribution in [1.29, 1.82) is 0 Å². The largest absolute Gasteiger partial charge is 0.497 e. The van der Waals surface area contributed by atoms with Gasteiger partial charge in [-0.05, 0) is 23.6 Å². The van der Waals surface area contributed by atoms with Crippen LogP contribution in [-0.4, -0.2) is 23.2 Å². The standard InChI is InChI=1S/C20H20N2O3/c1-3-15-16(11-13-7-5-4-6-8-13)22-10-9-14(25-2)12-17(22)18(15)19(23)20(21)24/h4-10,12H,3,11H2,1-2H3,(H2,21,24). The van der Waals surface area contributed by atoms with Gasteiger partial charge < -0.3 is 14.9 Å². The van der Waals surface area contributed by atoms with Gasteiger partial charge in [0, 0.05) is 24.4 Å². The molecule has 25 heavy (non-hydrogen) atoms. The third-order valence-electron chi connectivity index (χ3n) is 4.38. The summed E-state index contributed by atoms with van der Waals surface area (Å²) in [4.78, 5) is 24.0. The Morgan fingerprint density at radius 1 is 1.16 bits per heavy atom. The van der Waals surface area contributed by atoms with E-state index in [1.54, 1.807) is 13.2 Å². The first-order chi connectivity index (χ1) is 12.1. The number of carbonyl (C=O) groups excluding carboxylic acids is 2. The molecule has 3 aromatic rings. The third kappa shape index (κ3) is 3.01. The van der Waals surface area contributed by atoms with Gasteiger partial charge in [-0.25, -0.2) is 0 Å². The van der Waals surface area contributed by atoms with E-state index in [1.807, 2.05) is 53.9 Å². The Morgan fingerprint density at radius 3 is 2.48 bits per heavy atom. The van der Waals surface area contributed by atoms with Crippen LogP contribution in [0.25, 0.3) is 5.52 Å². The molecule has 0 aliphatic rings. The summed E-state index contributed by atoms with van der Waals surface area (Å²) in [6.45, 7) is 1.97. The minimum Gasteiger partial charge on any atom is -0.497 e. The highest BCUT2D eigenvalue weighted by atomic mass is 16.5. The fourth-order valence-electron chi connectivity index (χ4n) is 3.22. The Kier molecular flexibility index (Phi) is 4.57. The van der Waals surface area contributed by atoms with Gasteiger partial charge in [-0.1, -0.05) is 37.3 Å². The molecule has 5 nitrogen and oxygen atoms in total. The van der Waals surface area contributed by atoms with E-state index < -0.39 is 11.7 Å². The zero-order chi connectivity index (χ0) is 18.0. The van der Waals surface area contributed by atoms with Gasteiger partial charge in [0.15, 0.2) is 0 Å². The van der Waals surface area contributed by atoms with E-state index in [2.05, 4.69) is 0 Å². The number of ketones is 1. The van der Waals surface area contributed by atoms with Crippen molar-refractivity contribution in [3.63, 3.8) is 0 Å². The quantitative estimate of drug-likeness (QED) is 0.556. The first-order valence-corrected chi connectivity index (χ1v) is 8.14. The molecule has 0 bridgehead atoms. The minimum absolute atomic E-state index is 0.375. The number of Topliss-reactive ketones (excluding diaryl/α,β-unsaturated/α-hetero) is 1. The summed E-state index contributed by atoms with van der Waals surface area (Å²) in [5.41, 5.74) is 9.27. The summed E-state index contributed by atoms with van der Waals surface area (Å²) >= 11 is 0. The van der Waals surface area contributed by atoms with Crippen molar-refractivity contribution in [2.24, 2.45) is 5.73 Å². The predicted octanol–water partition coefficient (Wildman–Crippen LogP) is 2.77. The van der Waals surface area contributed by atoms with E-state index in [9.17, 15) is 9.59 Å². The van der Waals surface area contributed by atoms with Crippen LogP contribution in [0.5, 0.6) is 5.75 Å². The minimum atomic E-state index is -0.948. The number of rotatable bonds is 6. The Balaban J connectivity index is 2.28. The Hall–Kier alpha value is -3.08. The predicted molar refractivity (Wildman–Crippen MR) is 96.1 cm³/mol. The molecule has 2 heterocycles. The molecule has 0 atom stereocenters. The molecule has 128 valence electrons. The molecule has 0 radical (unpaired) electrons. The van der Waals surface area contributed by atoms with Crippen molar-refractivity contribution in [2.45, 2.75) is 19.8 Å². The van der Waals surface area contributed by atoms with Gasteiger partial charge in [-0.2, -0.15) is 0 Å². The topological polar surface area (TPSA) is 73.8 Å². The van der Waals surface area contributed by atoms with Crippen LogP contribution >= 0.6 is 0 Å². The fraction of sp³-hybridized carbons (Fsp3) is 0.200. The Labute approximate surface area is 146 Å². The summed E-state index contributed by atoms with van der Waals surface area (Å²) < 4.78 is 7.23. The number of carbonyl (C=O) groups is 2. The van der Waals surface area contributed by atoms with E-state index in [1.165, 1.54) is 0 Å². The van der Waals surface area contributed by atoms with Crippen LogP contribution in [0.15, 0.2) is 48.7 Å². The molecule has 0 fully saturated rings. The summed E-state index contributed by atoms with van der Waals surface area (Å²) in [5, 5.41) is 0. The van der Waals surface area contributed by atoms with Crippen LogP contribution in [0, 0.1) is 0 Å². The molecule has 0 aliphatic heterocycles. The molecule has 0 saturated carbocycles. The average Bonchev–Trinajstić information content (AvgIpc) is 2.94. The van der Waals surface area contributed by atoms with Crippen LogP contribution in [0.1, 0.15) is 34.1 Å². The maximum Gasteiger partial charge on any atom is 0.289 e. The molecule has 0 aliphatic carbocycles. The van der Waals surface area contributed by atoms with Gasteiger partial charge in [0.25, 0.3) is 11.7 Å².